The minimum atomic E-state index is -0.719. The van der Waals surface area contributed by atoms with Crippen molar-refractivity contribution < 1.29 is 9.59 Å². The van der Waals surface area contributed by atoms with Crippen molar-refractivity contribution in [3.05, 3.63) is 49.1 Å². The minimum Gasteiger partial charge on any atom is -0.354 e. The number of fused-ring (bicyclic) bond motifs is 2. The van der Waals surface area contributed by atoms with Crippen LogP contribution < -0.4 is 10.6 Å². The topological polar surface area (TPSA) is 140 Å². The third kappa shape index (κ3) is 4.21. The van der Waals surface area contributed by atoms with E-state index in [1.165, 1.54) is 16.2 Å². The predicted octanol–water partition coefficient (Wildman–Crippen LogP) is 2.00. The maximum atomic E-state index is 12.9. The Morgan fingerprint density at radius 2 is 2.28 bits per heavy atom. The summed E-state index contributed by atoms with van der Waals surface area (Å²) in [5.74, 6) is 0.380. The van der Waals surface area contributed by atoms with Crippen molar-refractivity contribution >= 4 is 34.5 Å². The number of H-pyrrole nitrogens is 1. The molecule has 4 heterocycles. The molecule has 12 heteroatoms. The van der Waals surface area contributed by atoms with Crippen LogP contribution >= 0.6 is 22.7 Å². The normalized spacial score (nSPS) is 21.8. The highest BCUT2D eigenvalue weighted by atomic mass is 32.1. The lowest BCUT2D eigenvalue weighted by molar-refractivity contribution is -0.130. The first-order valence-corrected chi connectivity index (χ1v) is 13.8. The van der Waals surface area contributed by atoms with Crippen LogP contribution in [0.4, 0.5) is 0 Å². The molecule has 1 saturated heterocycles. The van der Waals surface area contributed by atoms with E-state index in [0.717, 1.165) is 41.7 Å². The number of hydrogen-bond donors (Lipinski definition) is 3. The molecule has 3 N–H and O–H groups in total. The molecule has 188 valence electrons. The first kappa shape index (κ1) is 24.5. The van der Waals surface area contributed by atoms with Gasteiger partial charge in [0.25, 0.3) is 5.91 Å². The quantitative estimate of drug-likeness (QED) is 0.429. The van der Waals surface area contributed by atoms with Crippen LogP contribution in [0.5, 0.6) is 0 Å². The van der Waals surface area contributed by atoms with Crippen LogP contribution in [0.3, 0.4) is 0 Å². The van der Waals surface area contributed by atoms with Crippen molar-refractivity contribution in [2.75, 3.05) is 20.1 Å². The number of rotatable bonds is 7. The van der Waals surface area contributed by atoms with Gasteiger partial charge in [0.2, 0.25) is 5.91 Å². The van der Waals surface area contributed by atoms with Gasteiger partial charge in [-0.3, -0.25) is 9.59 Å². The summed E-state index contributed by atoms with van der Waals surface area (Å²) in [7, 11) is 1.64. The standard InChI is InChI=1S/C24H28N8O2S2/c1-14(27-13-20(33)32-8-3-4-16(32)12-25)11-24(23-28-30-31-29-23)17-7-9-35-18(17)6-5-15-10-19(22(34)26-2)36-21(15)24/h7,9-10,14,16,27H,3-6,8,11,13H2,1-2H3,(H,26,34)(H,28,29,30,31)/t14-,16?,24?/m1/s1. The Hall–Kier alpha value is -3.14. The molecule has 2 aliphatic rings. The molecule has 0 spiro atoms. The number of tetrazole rings is 1. The smallest absolute Gasteiger partial charge is 0.261 e. The van der Waals surface area contributed by atoms with E-state index in [-0.39, 0.29) is 30.4 Å². The van der Waals surface area contributed by atoms with Gasteiger partial charge in [0.15, 0.2) is 5.82 Å². The van der Waals surface area contributed by atoms with Gasteiger partial charge >= 0.3 is 0 Å². The first-order chi connectivity index (χ1) is 17.5. The van der Waals surface area contributed by atoms with E-state index < -0.39 is 5.41 Å². The summed E-state index contributed by atoms with van der Waals surface area (Å²) in [6.07, 6.45) is 3.85. The maximum absolute atomic E-state index is 12.9. The highest BCUT2D eigenvalue weighted by Gasteiger charge is 2.47. The number of carbonyl (C=O) groups excluding carboxylic acids is 2. The summed E-state index contributed by atoms with van der Waals surface area (Å²) in [6, 6.07) is 5.91. The largest absolute Gasteiger partial charge is 0.354 e. The van der Waals surface area contributed by atoms with Crippen LogP contribution in [0.1, 0.15) is 62.6 Å². The number of aryl methyl sites for hydroxylation is 2. The van der Waals surface area contributed by atoms with E-state index in [2.05, 4.69) is 48.8 Å². The first-order valence-electron chi connectivity index (χ1n) is 12.1. The van der Waals surface area contributed by atoms with E-state index in [4.69, 9.17) is 0 Å². The van der Waals surface area contributed by atoms with Gasteiger partial charge in [0.1, 0.15) is 6.04 Å². The van der Waals surface area contributed by atoms with Crippen LogP contribution in [-0.4, -0.2) is 69.6 Å². The molecule has 1 fully saturated rings. The number of aromatic nitrogens is 4. The molecule has 0 aromatic carbocycles. The summed E-state index contributed by atoms with van der Waals surface area (Å²) >= 11 is 3.20. The fourth-order valence-electron chi connectivity index (χ4n) is 5.45. The molecule has 3 atom stereocenters. The summed E-state index contributed by atoms with van der Waals surface area (Å²) in [4.78, 5) is 30.1. The van der Waals surface area contributed by atoms with E-state index in [9.17, 15) is 14.9 Å². The number of nitriles is 1. The van der Waals surface area contributed by atoms with Gasteiger partial charge in [0, 0.05) is 29.4 Å². The van der Waals surface area contributed by atoms with Gasteiger partial charge in [-0.15, -0.1) is 32.9 Å². The van der Waals surface area contributed by atoms with Crippen molar-refractivity contribution in [1.29, 1.82) is 5.26 Å². The Morgan fingerprint density at radius 3 is 3.03 bits per heavy atom. The maximum Gasteiger partial charge on any atom is 0.261 e. The van der Waals surface area contributed by atoms with Crippen molar-refractivity contribution in [1.82, 2.24) is 36.2 Å². The van der Waals surface area contributed by atoms with Crippen molar-refractivity contribution in [3.63, 3.8) is 0 Å². The van der Waals surface area contributed by atoms with Gasteiger partial charge < -0.3 is 15.5 Å². The second-order valence-corrected chi connectivity index (χ2v) is 11.4. The van der Waals surface area contributed by atoms with Crippen molar-refractivity contribution in [3.8, 4) is 6.07 Å². The summed E-state index contributed by atoms with van der Waals surface area (Å²) in [6.45, 7) is 2.82. The molecule has 0 saturated carbocycles. The molecule has 0 radical (unpaired) electrons. The number of nitrogens with zero attached hydrogens (tertiary/aromatic N) is 5. The van der Waals surface area contributed by atoms with Crippen molar-refractivity contribution in [2.45, 2.75) is 56.5 Å². The van der Waals surface area contributed by atoms with E-state index in [1.807, 2.05) is 13.0 Å². The Kier molecular flexibility index (Phi) is 6.87. The van der Waals surface area contributed by atoms with Crippen LogP contribution in [-0.2, 0) is 23.1 Å². The van der Waals surface area contributed by atoms with Crippen LogP contribution in [0, 0.1) is 11.3 Å². The summed E-state index contributed by atoms with van der Waals surface area (Å²) < 4.78 is 0. The zero-order valence-corrected chi connectivity index (χ0v) is 21.8. The number of thiophene rings is 2. The van der Waals surface area contributed by atoms with Crippen LogP contribution in [0.15, 0.2) is 17.5 Å². The Bertz CT molecular complexity index is 1290. The van der Waals surface area contributed by atoms with Crippen LogP contribution in [0.2, 0.25) is 0 Å². The summed E-state index contributed by atoms with van der Waals surface area (Å²) in [5, 5.41) is 33.0. The monoisotopic (exact) mass is 524 g/mol. The third-order valence-corrected chi connectivity index (χ3v) is 9.46. The van der Waals surface area contributed by atoms with Crippen LogP contribution in [0.25, 0.3) is 0 Å². The molecule has 2 amide bonds. The van der Waals surface area contributed by atoms with Gasteiger partial charge in [-0.05, 0) is 67.7 Å². The molecule has 5 rings (SSSR count). The van der Waals surface area contributed by atoms with E-state index >= 15 is 0 Å². The number of likely N-dealkylation sites (tertiary alicyclic amines) is 1. The number of nitrogens with one attached hydrogen (secondary N) is 3. The highest BCUT2D eigenvalue weighted by molar-refractivity contribution is 7.14. The molecule has 1 aliphatic carbocycles. The van der Waals surface area contributed by atoms with E-state index in [1.54, 1.807) is 23.3 Å². The summed E-state index contributed by atoms with van der Waals surface area (Å²) in [5.41, 5.74) is 1.52. The minimum absolute atomic E-state index is 0.0599. The third-order valence-electron chi connectivity index (χ3n) is 7.14. The van der Waals surface area contributed by atoms with E-state index in [0.29, 0.717) is 23.7 Å². The Morgan fingerprint density at radius 1 is 1.42 bits per heavy atom. The molecule has 2 unspecified atom stereocenters. The van der Waals surface area contributed by atoms with Gasteiger partial charge in [-0.1, -0.05) is 5.21 Å². The zero-order valence-electron chi connectivity index (χ0n) is 20.2. The van der Waals surface area contributed by atoms with Gasteiger partial charge in [-0.2, -0.15) is 10.5 Å². The number of amides is 2. The Labute approximate surface area is 217 Å². The second-order valence-electron chi connectivity index (χ2n) is 9.30. The molecular formula is C24H28N8O2S2. The van der Waals surface area contributed by atoms with Crippen molar-refractivity contribution in [2.24, 2.45) is 0 Å². The zero-order chi connectivity index (χ0) is 25.3. The SMILES string of the molecule is CNC(=O)c1cc2c(s1)C(C[C@@H](C)NCC(=O)N1CCCC1C#N)(c1nn[nH]n1)c1ccsc1CC2. The fourth-order valence-corrected chi connectivity index (χ4v) is 7.77. The molecule has 1 aliphatic heterocycles. The molecule has 36 heavy (non-hydrogen) atoms. The van der Waals surface area contributed by atoms with Gasteiger partial charge in [0.05, 0.1) is 22.9 Å². The number of aromatic amines is 1. The fraction of sp³-hybridized carbons (Fsp3) is 0.500. The molecule has 0 bridgehead atoms. The molecular weight excluding hydrogens is 496 g/mol. The molecule has 10 nitrogen and oxygen atoms in total. The molecule has 3 aromatic heterocycles. The molecule has 3 aromatic rings. The second kappa shape index (κ2) is 10.1. The lowest BCUT2D eigenvalue weighted by Gasteiger charge is -2.33. The lowest BCUT2D eigenvalue weighted by Crippen LogP contribution is -2.45. The average Bonchev–Trinajstić information content (AvgIpc) is 3.69. The number of hydrogen-bond acceptors (Lipinski definition) is 9. The average molecular weight is 525 g/mol. The Balaban J connectivity index is 1.50. The van der Waals surface area contributed by atoms with Gasteiger partial charge in [-0.25, -0.2) is 0 Å². The number of carbonyl (C=O) groups is 2. The highest BCUT2D eigenvalue weighted by Crippen LogP contribution is 2.50. The lowest BCUT2D eigenvalue weighted by atomic mass is 9.73. The predicted molar refractivity (Wildman–Crippen MR) is 136 cm³/mol.